The lowest BCUT2D eigenvalue weighted by Crippen LogP contribution is -2.31. The Hall–Kier alpha value is -0.700. The Kier molecular flexibility index (Phi) is 1.39. The highest BCUT2D eigenvalue weighted by Gasteiger charge is 2.03. The SMILES string of the molecule is CNN1C=CN(C)C1. The predicted octanol–water partition coefficient (Wildman–Crippen LogP) is -0.203. The topological polar surface area (TPSA) is 18.5 Å². The van der Waals surface area contributed by atoms with Crippen LogP contribution < -0.4 is 5.43 Å². The normalized spacial score (nSPS) is 18.2. The van der Waals surface area contributed by atoms with Gasteiger partial charge in [-0.2, -0.15) is 0 Å². The van der Waals surface area contributed by atoms with Crippen molar-refractivity contribution in [3.05, 3.63) is 12.4 Å². The highest BCUT2D eigenvalue weighted by Crippen LogP contribution is 1.97. The summed E-state index contributed by atoms with van der Waals surface area (Å²) in [5, 5.41) is 2.00. The maximum absolute atomic E-state index is 3.00. The second kappa shape index (κ2) is 2.05. The van der Waals surface area contributed by atoms with Crippen molar-refractivity contribution < 1.29 is 0 Å². The summed E-state index contributed by atoms with van der Waals surface area (Å²) in [6.45, 7) is 0.941. The Bertz CT molecular complexity index is 99.8. The van der Waals surface area contributed by atoms with E-state index in [-0.39, 0.29) is 0 Å². The second-order valence-electron chi connectivity index (χ2n) is 1.89. The summed E-state index contributed by atoms with van der Waals surface area (Å²) in [5.41, 5.74) is 3.00. The molecular weight excluding hydrogens is 102 g/mol. The van der Waals surface area contributed by atoms with Crippen LogP contribution in [0, 0.1) is 0 Å². The first kappa shape index (κ1) is 5.44. The smallest absolute Gasteiger partial charge is 0.104 e. The molecule has 1 N–H and O–H groups in total. The van der Waals surface area contributed by atoms with Crippen LogP contribution in [0.4, 0.5) is 0 Å². The fourth-order valence-corrected chi connectivity index (χ4v) is 0.674. The summed E-state index contributed by atoms with van der Waals surface area (Å²) in [6, 6.07) is 0. The van der Waals surface area contributed by atoms with Crippen molar-refractivity contribution in [3.63, 3.8) is 0 Å². The van der Waals surface area contributed by atoms with Gasteiger partial charge >= 0.3 is 0 Å². The number of nitrogens with one attached hydrogen (secondary N) is 1. The Morgan fingerprint density at radius 2 is 2.25 bits per heavy atom. The lowest BCUT2D eigenvalue weighted by Gasteiger charge is -2.15. The van der Waals surface area contributed by atoms with Gasteiger partial charge in [-0.15, -0.1) is 0 Å². The molecule has 1 heterocycles. The van der Waals surface area contributed by atoms with Gasteiger partial charge in [0.25, 0.3) is 0 Å². The average Bonchev–Trinajstić information content (AvgIpc) is 2.14. The minimum absolute atomic E-state index is 0.941. The van der Waals surface area contributed by atoms with E-state index in [4.69, 9.17) is 0 Å². The van der Waals surface area contributed by atoms with Gasteiger partial charge in [0.1, 0.15) is 6.67 Å². The molecule has 0 saturated carbocycles. The molecule has 1 aliphatic rings. The zero-order valence-corrected chi connectivity index (χ0v) is 5.26. The van der Waals surface area contributed by atoms with Crippen LogP contribution in [-0.2, 0) is 0 Å². The molecule has 0 radical (unpaired) electrons. The van der Waals surface area contributed by atoms with E-state index in [1.165, 1.54) is 0 Å². The third kappa shape index (κ3) is 0.924. The Morgan fingerprint density at radius 1 is 1.50 bits per heavy atom. The van der Waals surface area contributed by atoms with Crippen LogP contribution in [-0.4, -0.2) is 30.7 Å². The van der Waals surface area contributed by atoms with Gasteiger partial charge in [0.15, 0.2) is 0 Å². The van der Waals surface area contributed by atoms with E-state index in [0.29, 0.717) is 0 Å². The van der Waals surface area contributed by atoms with E-state index in [1.54, 1.807) is 0 Å². The van der Waals surface area contributed by atoms with Crippen molar-refractivity contribution in [2.75, 3.05) is 20.8 Å². The molecule has 0 aromatic heterocycles. The van der Waals surface area contributed by atoms with Crippen LogP contribution in [0.1, 0.15) is 0 Å². The van der Waals surface area contributed by atoms with Crippen molar-refractivity contribution in [2.24, 2.45) is 0 Å². The first-order chi connectivity index (χ1) is 3.83. The zero-order chi connectivity index (χ0) is 5.98. The fourth-order valence-electron chi connectivity index (χ4n) is 0.674. The van der Waals surface area contributed by atoms with Gasteiger partial charge in [-0.3, -0.25) is 5.01 Å². The number of rotatable bonds is 1. The molecule has 0 aromatic carbocycles. The molecular formula is C5H11N3. The minimum atomic E-state index is 0.941. The highest BCUT2D eigenvalue weighted by molar-refractivity contribution is 4.85. The maximum atomic E-state index is 3.00. The van der Waals surface area contributed by atoms with E-state index in [2.05, 4.69) is 10.3 Å². The number of nitrogens with zero attached hydrogens (tertiary/aromatic N) is 2. The van der Waals surface area contributed by atoms with Gasteiger partial charge < -0.3 is 4.90 Å². The number of hydrazine groups is 1. The predicted molar refractivity (Wildman–Crippen MR) is 32.7 cm³/mol. The van der Waals surface area contributed by atoms with Crippen LogP contribution in [0.2, 0.25) is 0 Å². The van der Waals surface area contributed by atoms with Crippen molar-refractivity contribution in [3.8, 4) is 0 Å². The molecule has 46 valence electrons. The summed E-state index contributed by atoms with van der Waals surface area (Å²) in [6.07, 6.45) is 4.02. The molecule has 0 saturated heterocycles. The minimum Gasteiger partial charge on any atom is -0.360 e. The third-order valence-electron chi connectivity index (χ3n) is 1.16. The molecule has 3 heteroatoms. The average molecular weight is 113 g/mol. The molecule has 8 heavy (non-hydrogen) atoms. The van der Waals surface area contributed by atoms with Gasteiger partial charge in [-0.05, 0) is 0 Å². The van der Waals surface area contributed by atoms with Gasteiger partial charge in [0, 0.05) is 26.5 Å². The molecule has 1 aliphatic heterocycles. The molecule has 0 amide bonds. The lowest BCUT2D eigenvalue weighted by atomic mass is 10.9. The van der Waals surface area contributed by atoms with Gasteiger partial charge in [-0.1, -0.05) is 0 Å². The largest absolute Gasteiger partial charge is 0.360 e. The summed E-state index contributed by atoms with van der Waals surface area (Å²) in [4.78, 5) is 2.09. The van der Waals surface area contributed by atoms with E-state index in [0.717, 1.165) is 6.67 Å². The van der Waals surface area contributed by atoms with Crippen LogP contribution in [0.15, 0.2) is 12.4 Å². The highest BCUT2D eigenvalue weighted by atomic mass is 15.6. The Labute approximate surface area is 49.5 Å². The zero-order valence-electron chi connectivity index (χ0n) is 5.26. The molecule has 0 fully saturated rings. The summed E-state index contributed by atoms with van der Waals surface area (Å²) in [7, 11) is 3.94. The molecule has 0 atom stereocenters. The molecule has 1 rings (SSSR count). The molecule has 3 nitrogen and oxygen atoms in total. The van der Waals surface area contributed by atoms with Crippen molar-refractivity contribution >= 4 is 0 Å². The van der Waals surface area contributed by atoms with Gasteiger partial charge in [0.05, 0.1) is 0 Å². The van der Waals surface area contributed by atoms with E-state index in [9.17, 15) is 0 Å². The summed E-state index contributed by atoms with van der Waals surface area (Å²) < 4.78 is 0. The fraction of sp³-hybridized carbons (Fsp3) is 0.600. The van der Waals surface area contributed by atoms with Crippen LogP contribution >= 0.6 is 0 Å². The number of hydrogen-bond acceptors (Lipinski definition) is 3. The van der Waals surface area contributed by atoms with Crippen molar-refractivity contribution in [1.29, 1.82) is 0 Å². The van der Waals surface area contributed by atoms with E-state index in [1.807, 2.05) is 31.5 Å². The first-order valence-electron chi connectivity index (χ1n) is 2.65. The molecule has 0 aliphatic carbocycles. The summed E-state index contributed by atoms with van der Waals surface area (Å²) in [5.74, 6) is 0. The first-order valence-corrected chi connectivity index (χ1v) is 2.65. The van der Waals surface area contributed by atoms with Crippen molar-refractivity contribution in [1.82, 2.24) is 15.3 Å². The van der Waals surface area contributed by atoms with Crippen LogP contribution in [0.25, 0.3) is 0 Å². The lowest BCUT2D eigenvalue weighted by molar-refractivity contribution is 0.243. The third-order valence-corrected chi connectivity index (χ3v) is 1.16. The Morgan fingerprint density at radius 3 is 2.50 bits per heavy atom. The molecule has 0 spiro atoms. The number of hydrogen-bond donors (Lipinski definition) is 1. The van der Waals surface area contributed by atoms with Gasteiger partial charge in [0.2, 0.25) is 0 Å². The van der Waals surface area contributed by atoms with Crippen LogP contribution in [0.5, 0.6) is 0 Å². The summed E-state index contributed by atoms with van der Waals surface area (Å²) >= 11 is 0. The molecule has 0 unspecified atom stereocenters. The second-order valence-corrected chi connectivity index (χ2v) is 1.89. The van der Waals surface area contributed by atoms with E-state index < -0.39 is 0 Å². The van der Waals surface area contributed by atoms with Crippen molar-refractivity contribution in [2.45, 2.75) is 0 Å². The van der Waals surface area contributed by atoms with E-state index >= 15 is 0 Å². The standard InChI is InChI=1S/C5H11N3/c1-6-8-4-3-7(2)5-8/h3-4,6H,5H2,1-2H3. The Balaban J connectivity index is 2.34. The monoisotopic (exact) mass is 113 g/mol. The maximum Gasteiger partial charge on any atom is 0.104 e. The van der Waals surface area contributed by atoms with Crippen LogP contribution in [0.3, 0.4) is 0 Å². The quantitative estimate of drug-likeness (QED) is 0.508. The molecule has 0 aromatic rings. The van der Waals surface area contributed by atoms with Gasteiger partial charge in [-0.25, -0.2) is 5.43 Å². The molecule has 0 bridgehead atoms.